The van der Waals surface area contributed by atoms with Crippen LogP contribution in [0.15, 0.2) is 72.6 Å². The van der Waals surface area contributed by atoms with E-state index in [1.54, 1.807) is 31.0 Å². The first-order chi connectivity index (χ1) is 17.1. The summed E-state index contributed by atoms with van der Waals surface area (Å²) in [4.78, 5) is 4.41. The van der Waals surface area contributed by atoms with Crippen LogP contribution in [-0.2, 0) is 0 Å². The van der Waals surface area contributed by atoms with E-state index in [9.17, 15) is 0 Å². The molecule has 35 heavy (non-hydrogen) atoms. The molecule has 2 atom stereocenters. The molecule has 2 unspecified atom stereocenters. The number of aryl methyl sites for hydroxylation is 1. The molecule has 0 aliphatic carbocycles. The Morgan fingerprint density at radius 2 is 1.86 bits per heavy atom. The molecule has 0 fully saturated rings. The summed E-state index contributed by atoms with van der Waals surface area (Å²) in [6.45, 7) is 2.03. The van der Waals surface area contributed by atoms with Crippen molar-refractivity contribution in [3.05, 3.63) is 101 Å². The number of methoxy groups -OCH3 is 2. The van der Waals surface area contributed by atoms with Gasteiger partial charge in [0.15, 0.2) is 6.10 Å². The molecule has 0 spiro atoms. The van der Waals surface area contributed by atoms with Crippen molar-refractivity contribution in [1.29, 1.82) is 0 Å². The summed E-state index contributed by atoms with van der Waals surface area (Å²) in [7, 11) is 3.23. The normalized spacial score (nSPS) is 18.1. The third-order valence-electron chi connectivity index (χ3n) is 6.49. The van der Waals surface area contributed by atoms with Gasteiger partial charge in [0.25, 0.3) is 0 Å². The van der Waals surface area contributed by atoms with Crippen molar-refractivity contribution < 1.29 is 18.6 Å². The van der Waals surface area contributed by atoms with Gasteiger partial charge >= 0.3 is 0 Å². The van der Waals surface area contributed by atoms with E-state index in [4.69, 9.17) is 14.2 Å². The average Bonchev–Trinajstić information content (AvgIpc) is 3.35. The number of ether oxygens (including phenoxy) is 3. The van der Waals surface area contributed by atoms with Gasteiger partial charge in [-0.1, -0.05) is 29.8 Å². The lowest BCUT2D eigenvalue weighted by Gasteiger charge is -2.39. The second kappa shape index (κ2) is 8.16. The predicted octanol–water partition coefficient (Wildman–Crippen LogP) is 5.30. The maximum atomic E-state index is 15.3. The lowest BCUT2D eigenvalue weighted by molar-refractivity contribution is 0.216. The van der Waals surface area contributed by atoms with Crippen molar-refractivity contribution in [3.8, 4) is 17.2 Å². The first-order valence-electron chi connectivity index (χ1n) is 11.2. The van der Waals surface area contributed by atoms with Gasteiger partial charge in [-0.25, -0.2) is 9.07 Å². The number of nitrogens with one attached hydrogen (secondary N) is 1. The van der Waals surface area contributed by atoms with Crippen LogP contribution in [0.2, 0.25) is 0 Å². The highest BCUT2D eigenvalue weighted by atomic mass is 19.1. The fourth-order valence-electron chi connectivity index (χ4n) is 4.88. The Kier molecular flexibility index (Phi) is 4.95. The van der Waals surface area contributed by atoms with Crippen LogP contribution in [0.1, 0.15) is 34.4 Å². The molecule has 1 N–H and O–H groups in total. The van der Waals surface area contributed by atoms with Gasteiger partial charge in [-0.05, 0) is 43.3 Å². The van der Waals surface area contributed by atoms with Crippen molar-refractivity contribution in [3.63, 3.8) is 0 Å². The second-order valence-corrected chi connectivity index (χ2v) is 8.51. The summed E-state index contributed by atoms with van der Waals surface area (Å²) in [6, 6.07) is 17.7. The monoisotopic (exact) mass is 470 g/mol. The van der Waals surface area contributed by atoms with E-state index in [-0.39, 0.29) is 5.82 Å². The van der Waals surface area contributed by atoms with E-state index < -0.39 is 12.1 Å². The van der Waals surface area contributed by atoms with Gasteiger partial charge in [0.2, 0.25) is 5.95 Å². The van der Waals surface area contributed by atoms with Gasteiger partial charge in [-0.2, -0.15) is 10.1 Å². The Balaban J connectivity index is 1.67. The highest BCUT2D eigenvalue weighted by Gasteiger charge is 2.42. The summed E-state index contributed by atoms with van der Waals surface area (Å²) in [5, 5.41) is 7.90. The number of hydrogen-bond donors (Lipinski definition) is 1. The third kappa shape index (κ3) is 3.32. The lowest BCUT2D eigenvalue weighted by Crippen LogP contribution is -2.33. The molecule has 7 nitrogen and oxygen atoms in total. The summed E-state index contributed by atoms with van der Waals surface area (Å²) < 4.78 is 34.9. The molecule has 0 amide bonds. The first-order valence-corrected chi connectivity index (χ1v) is 11.2. The molecular weight excluding hydrogens is 447 g/mol. The van der Waals surface area contributed by atoms with Crippen molar-refractivity contribution in [1.82, 2.24) is 14.8 Å². The minimum Gasteiger partial charge on any atom is -0.497 e. The predicted molar refractivity (Wildman–Crippen MR) is 129 cm³/mol. The minimum atomic E-state index is -0.611. The fourth-order valence-corrected chi connectivity index (χ4v) is 4.88. The van der Waals surface area contributed by atoms with Crippen molar-refractivity contribution in [2.75, 3.05) is 19.5 Å². The molecule has 0 saturated carbocycles. The number of anilines is 1. The third-order valence-corrected chi connectivity index (χ3v) is 6.49. The molecule has 3 aromatic carbocycles. The Labute approximate surface area is 201 Å². The summed E-state index contributed by atoms with van der Waals surface area (Å²) in [6.07, 6.45) is 0.855. The summed E-state index contributed by atoms with van der Waals surface area (Å²) in [5.74, 6) is 2.20. The molecule has 3 heterocycles. The number of benzene rings is 3. The van der Waals surface area contributed by atoms with Gasteiger partial charge in [0.05, 0.1) is 19.9 Å². The Hall–Kier alpha value is -4.33. The SMILES string of the molecule is COc1ccc(OC)c(C2Oc3ccc(C)cc3C3=C2C(c2ccccc2F)n2ncnc2N3)c1. The zero-order chi connectivity index (χ0) is 24.1. The van der Waals surface area contributed by atoms with Crippen LogP contribution in [0.25, 0.3) is 5.70 Å². The highest BCUT2D eigenvalue weighted by molar-refractivity contribution is 5.85. The standard InChI is InChI=1S/C27H23FN4O3/c1-15-8-10-22-18(12-15)24-23(26(35-22)19-13-16(33-2)9-11-21(19)34-3)25(17-6-4-5-7-20(17)28)32-27(31-24)29-14-30-32/h4-14,25-26H,1-3H3,(H,29,30,31). The highest BCUT2D eigenvalue weighted by Crippen LogP contribution is 2.52. The van der Waals surface area contributed by atoms with Gasteiger partial charge < -0.3 is 19.5 Å². The Morgan fingerprint density at radius 1 is 1.00 bits per heavy atom. The molecular formula is C27H23FN4O3. The van der Waals surface area contributed by atoms with Crippen LogP contribution in [0.3, 0.4) is 0 Å². The molecule has 8 heteroatoms. The first kappa shape index (κ1) is 21.2. The maximum absolute atomic E-state index is 15.3. The number of hydrogen-bond acceptors (Lipinski definition) is 6. The van der Waals surface area contributed by atoms with Gasteiger partial charge in [-0.3, -0.25) is 0 Å². The zero-order valence-corrected chi connectivity index (χ0v) is 19.4. The minimum absolute atomic E-state index is 0.334. The molecule has 0 bridgehead atoms. The largest absolute Gasteiger partial charge is 0.497 e. The molecule has 4 aromatic rings. The van der Waals surface area contributed by atoms with E-state index in [0.717, 1.165) is 28.0 Å². The van der Waals surface area contributed by atoms with Crippen LogP contribution in [0.5, 0.6) is 17.2 Å². The zero-order valence-electron chi connectivity index (χ0n) is 19.4. The molecule has 2 aliphatic rings. The number of aromatic nitrogens is 3. The van der Waals surface area contributed by atoms with Crippen molar-refractivity contribution in [2.24, 2.45) is 0 Å². The van der Waals surface area contributed by atoms with E-state index in [1.165, 1.54) is 12.4 Å². The maximum Gasteiger partial charge on any atom is 0.226 e. The summed E-state index contributed by atoms with van der Waals surface area (Å²) >= 11 is 0. The van der Waals surface area contributed by atoms with E-state index in [1.807, 2.05) is 43.3 Å². The smallest absolute Gasteiger partial charge is 0.226 e. The summed E-state index contributed by atoms with van der Waals surface area (Å²) in [5.41, 5.74) is 4.81. The van der Waals surface area contributed by atoms with E-state index in [2.05, 4.69) is 21.5 Å². The number of halogens is 1. The van der Waals surface area contributed by atoms with E-state index in [0.29, 0.717) is 28.8 Å². The molecule has 0 saturated heterocycles. The average molecular weight is 471 g/mol. The molecule has 0 radical (unpaired) electrons. The van der Waals surface area contributed by atoms with Crippen LogP contribution >= 0.6 is 0 Å². The van der Waals surface area contributed by atoms with Crippen LogP contribution < -0.4 is 19.5 Å². The van der Waals surface area contributed by atoms with Gasteiger partial charge in [0.1, 0.15) is 35.4 Å². The van der Waals surface area contributed by atoms with Crippen molar-refractivity contribution >= 4 is 11.6 Å². The van der Waals surface area contributed by atoms with Gasteiger partial charge in [0, 0.05) is 22.3 Å². The number of rotatable bonds is 4. The topological polar surface area (TPSA) is 70.4 Å². The molecule has 176 valence electrons. The van der Waals surface area contributed by atoms with Crippen molar-refractivity contribution in [2.45, 2.75) is 19.1 Å². The fraction of sp³-hybridized carbons (Fsp3) is 0.185. The second-order valence-electron chi connectivity index (χ2n) is 8.51. The Morgan fingerprint density at radius 3 is 2.66 bits per heavy atom. The molecule has 6 rings (SSSR count). The molecule has 1 aromatic heterocycles. The number of nitrogens with zero attached hydrogens (tertiary/aromatic N) is 3. The molecule has 2 aliphatic heterocycles. The quantitative estimate of drug-likeness (QED) is 0.436. The van der Waals surface area contributed by atoms with E-state index >= 15 is 4.39 Å². The van der Waals surface area contributed by atoms with Crippen LogP contribution in [0, 0.1) is 12.7 Å². The van der Waals surface area contributed by atoms with Gasteiger partial charge in [-0.15, -0.1) is 0 Å². The van der Waals surface area contributed by atoms with Crippen LogP contribution in [-0.4, -0.2) is 29.0 Å². The Bertz CT molecular complexity index is 1480. The van der Waals surface area contributed by atoms with Crippen LogP contribution in [0.4, 0.5) is 10.3 Å². The number of fused-ring (bicyclic) bond motifs is 3. The lowest BCUT2D eigenvalue weighted by atomic mass is 9.84.